The highest BCUT2D eigenvalue weighted by Gasteiger charge is 2.23. The number of rotatable bonds is 3. The molecular formula is C21H18N2O3. The van der Waals surface area contributed by atoms with Crippen molar-refractivity contribution in [1.29, 1.82) is 0 Å². The van der Waals surface area contributed by atoms with Crippen LogP contribution in [-0.2, 0) is 0 Å². The van der Waals surface area contributed by atoms with Crippen LogP contribution in [0.2, 0.25) is 0 Å². The molecule has 5 nitrogen and oxygen atoms in total. The van der Waals surface area contributed by atoms with Crippen molar-refractivity contribution in [2.24, 2.45) is 0 Å². The number of benzene rings is 2. The lowest BCUT2D eigenvalue weighted by Crippen LogP contribution is -2.31. The Morgan fingerprint density at radius 1 is 1.04 bits per heavy atom. The quantitative estimate of drug-likeness (QED) is 0.607. The first kappa shape index (κ1) is 16.1. The highest BCUT2D eigenvalue weighted by atomic mass is 16.3. The van der Waals surface area contributed by atoms with E-state index >= 15 is 0 Å². The van der Waals surface area contributed by atoms with Gasteiger partial charge >= 0.3 is 0 Å². The first-order valence-electron chi connectivity index (χ1n) is 8.42. The molecule has 4 aromatic rings. The van der Waals surface area contributed by atoms with Gasteiger partial charge in [-0.15, -0.1) is 0 Å². The third-order valence-corrected chi connectivity index (χ3v) is 4.74. The minimum absolute atomic E-state index is 0.263. The summed E-state index contributed by atoms with van der Waals surface area (Å²) in [4.78, 5) is 29.4. The van der Waals surface area contributed by atoms with Crippen LogP contribution in [0.4, 0.5) is 0 Å². The van der Waals surface area contributed by atoms with Crippen molar-refractivity contribution in [3.05, 3.63) is 82.5 Å². The molecule has 0 radical (unpaired) electrons. The molecule has 0 saturated carbocycles. The zero-order valence-electron chi connectivity index (χ0n) is 14.5. The number of para-hydroxylation sites is 1. The van der Waals surface area contributed by atoms with Crippen molar-refractivity contribution in [2.45, 2.75) is 13.0 Å². The summed E-state index contributed by atoms with van der Waals surface area (Å²) < 4.78 is 5.87. The van der Waals surface area contributed by atoms with Crippen LogP contribution >= 0.6 is 0 Å². The van der Waals surface area contributed by atoms with Crippen molar-refractivity contribution < 1.29 is 9.21 Å². The Balaban J connectivity index is 1.68. The van der Waals surface area contributed by atoms with Gasteiger partial charge in [-0.2, -0.15) is 0 Å². The fourth-order valence-electron chi connectivity index (χ4n) is 3.09. The molecule has 2 aromatic carbocycles. The number of hydrogen-bond acceptors (Lipinski definition) is 3. The number of aromatic nitrogens is 1. The predicted molar refractivity (Wildman–Crippen MR) is 101 cm³/mol. The molecule has 0 bridgehead atoms. The van der Waals surface area contributed by atoms with E-state index in [1.54, 1.807) is 30.1 Å². The molecule has 1 atom stereocenters. The third-order valence-electron chi connectivity index (χ3n) is 4.74. The standard InChI is InChI=1S/C21H18N2O3/c1-13(19-12-15-8-4-6-10-18(15)26-19)23(2)21(25)17-11-14-7-3-5-9-16(14)20(24)22-17/h3-13H,1-2H3,(H,22,24). The number of furan rings is 1. The summed E-state index contributed by atoms with van der Waals surface area (Å²) in [6.07, 6.45) is 0. The van der Waals surface area contributed by atoms with Gasteiger partial charge in [0.15, 0.2) is 0 Å². The van der Waals surface area contributed by atoms with Gasteiger partial charge in [0.1, 0.15) is 17.0 Å². The lowest BCUT2D eigenvalue weighted by atomic mass is 10.1. The summed E-state index contributed by atoms with van der Waals surface area (Å²) in [7, 11) is 1.70. The topological polar surface area (TPSA) is 66.3 Å². The van der Waals surface area contributed by atoms with Gasteiger partial charge in [-0.3, -0.25) is 9.59 Å². The van der Waals surface area contributed by atoms with E-state index < -0.39 is 0 Å². The average molecular weight is 346 g/mol. The lowest BCUT2D eigenvalue weighted by molar-refractivity contribution is 0.0721. The van der Waals surface area contributed by atoms with Crippen LogP contribution in [0.15, 0.2) is 69.9 Å². The Labute approximate surface area is 149 Å². The van der Waals surface area contributed by atoms with Gasteiger partial charge in [-0.1, -0.05) is 36.4 Å². The second kappa shape index (κ2) is 6.19. The number of pyridine rings is 1. The van der Waals surface area contributed by atoms with Gasteiger partial charge in [0, 0.05) is 17.8 Å². The number of carbonyl (C=O) groups is 1. The largest absolute Gasteiger partial charge is 0.459 e. The third kappa shape index (κ3) is 2.67. The van der Waals surface area contributed by atoms with E-state index in [0.717, 1.165) is 16.4 Å². The summed E-state index contributed by atoms with van der Waals surface area (Å²) in [5, 5.41) is 2.30. The van der Waals surface area contributed by atoms with Crippen LogP contribution in [-0.4, -0.2) is 22.8 Å². The number of H-pyrrole nitrogens is 1. The molecule has 4 rings (SSSR count). The molecule has 1 N–H and O–H groups in total. The zero-order chi connectivity index (χ0) is 18.3. The maximum absolute atomic E-state index is 12.9. The molecule has 2 aromatic heterocycles. The summed E-state index contributed by atoms with van der Waals surface area (Å²) in [6, 6.07) is 18.3. The van der Waals surface area contributed by atoms with Crippen LogP contribution in [0.3, 0.4) is 0 Å². The van der Waals surface area contributed by atoms with Crippen molar-refractivity contribution in [3.8, 4) is 0 Å². The number of hydrogen-bond donors (Lipinski definition) is 1. The van der Waals surface area contributed by atoms with Crippen LogP contribution in [0.5, 0.6) is 0 Å². The van der Waals surface area contributed by atoms with E-state index in [2.05, 4.69) is 4.98 Å². The van der Waals surface area contributed by atoms with Gasteiger partial charge in [-0.25, -0.2) is 0 Å². The maximum Gasteiger partial charge on any atom is 0.270 e. The van der Waals surface area contributed by atoms with E-state index in [1.807, 2.05) is 49.4 Å². The van der Waals surface area contributed by atoms with Gasteiger partial charge < -0.3 is 14.3 Å². The molecular weight excluding hydrogens is 328 g/mol. The van der Waals surface area contributed by atoms with Gasteiger partial charge in [0.25, 0.3) is 11.5 Å². The maximum atomic E-state index is 12.9. The molecule has 1 amide bonds. The average Bonchev–Trinajstić information content (AvgIpc) is 3.10. The second-order valence-electron chi connectivity index (χ2n) is 6.38. The van der Waals surface area contributed by atoms with Crippen molar-refractivity contribution in [2.75, 3.05) is 7.05 Å². The molecule has 0 spiro atoms. The Hall–Kier alpha value is -3.34. The first-order valence-corrected chi connectivity index (χ1v) is 8.42. The molecule has 0 aliphatic rings. The molecule has 0 aliphatic heterocycles. The minimum atomic E-state index is -0.273. The summed E-state index contributed by atoms with van der Waals surface area (Å²) in [5.41, 5.74) is 0.782. The number of fused-ring (bicyclic) bond motifs is 2. The zero-order valence-corrected chi connectivity index (χ0v) is 14.5. The number of aromatic amines is 1. The SMILES string of the molecule is CC(c1cc2ccccc2o1)N(C)C(=O)c1cc2ccccc2c(=O)[nH]1. The predicted octanol–water partition coefficient (Wildman–Crippen LogP) is 4.11. The highest BCUT2D eigenvalue weighted by Crippen LogP contribution is 2.27. The fourth-order valence-corrected chi connectivity index (χ4v) is 3.09. The van der Waals surface area contributed by atoms with E-state index in [9.17, 15) is 9.59 Å². The van der Waals surface area contributed by atoms with Crippen LogP contribution in [0, 0.1) is 0 Å². The summed E-state index contributed by atoms with van der Waals surface area (Å²) in [6.45, 7) is 1.90. The Kier molecular flexibility index (Phi) is 3.84. The monoisotopic (exact) mass is 346 g/mol. The van der Waals surface area contributed by atoms with E-state index in [4.69, 9.17) is 4.42 Å². The first-order chi connectivity index (χ1) is 12.5. The lowest BCUT2D eigenvalue weighted by Gasteiger charge is -2.23. The molecule has 130 valence electrons. The normalized spacial score (nSPS) is 12.4. The van der Waals surface area contributed by atoms with Crippen LogP contribution < -0.4 is 5.56 Å². The molecule has 0 aliphatic carbocycles. The van der Waals surface area contributed by atoms with E-state index in [1.165, 1.54) is 0 Å². The van der Waals surface area contributed by atoms with Crippen molar-refractivity contribution >= 4 is 27.6 Å². The Morgan fingerprint density at radius 2 is 1.73 bits per heavy atom. The number of carbonyl (C=O) groups excluding carboxylic acids is 1. The minimum Gasteiger partial charge on any atom is -0.459 e. The number of amides is 1. The fraction of sp³-hybridized carbons (Fsp3) is 0.143. The highest BCUT2D eigenvalue weighted by molar-refractivity contribution is 5.96. The molecule has 1 unspecified atom stereocenters. The van der Waals surface area contributed by atoms with Crippen molar-refractivity contribution in [3.63, 3.8) is 0 Å². The second-order valence-corrected chi connectivity index (χ2v) is 6.38. The van der Waals surface area contributed by atoms with E-state index in [0.29, 0.717) is 11.1 Å². The summed E-state index contributed by atoms with van der Waals surface area (Å²) >= 11 is 0. The van der Waals surface area contributed by atoms with Crippen molar-refractivity contribution in [1.82, 2.24) is 9.88 Å². The molecule has 5 heteroatoms. The molecule has 26 heavy (non-hydrogen) atoms. The summed E-state index contributed by atoms with van der Waals surface area (Å²) in [5.74, 6) is 0.436. The van der Waals surface area contributed by atoms with E-state index in [-0.39, 0.29) is 23.2 Å². The molecule has 0 fully saturated rings. The Morgan fingerprint density at radius 3 is 2.50 bits per heavy atom. The number of nitrogens with zero attached hydrogens (tertiary/aromatic N) is 1. The van der Waals surface area contributed by atoms with Gasteiger partial charge in [-0.05, 0) is 36.6 Å². The van der Waals surface area contributed by atoms with Gasteiger partial charge in [0.2, 0.25) is 0 Å². The van der Waals surface area contributed by atoms with Crippen LogP contribution in [0.1, 0.15) is 29.2 Å². The van der Waals surface area contributed by atoms with Crippen LogP contribution in [0.25, 0.3) is 21.7 Å². The van der Waals surface area contributed by atoms with Gasteiger partial charge in [0.05, 0.1) is 6.04 Å². The molecule has 0 saturated heterocycles. The molecule has 2 heterocycles. The number of nitrogens with one attached hydrogen (secondary N) is 1. The Bertz CT molecular complexity index is 1140. The smallest absolute Gasteiger partial charge is 0.270 e.